The Morgan fingerprint density at radius 3 is 2.67 bits per heavy atom. The van der Waals surface area contributed by atoms with Gasteiger partial charge in [-0.15, -0.1) is 0 Å². The first-order chi connectivity index (χ1) is 8.60. The van der Waals surface area contributed by atoms with Crippen LogP contribution < -0.4 is 10.6 Å². The minimum atomic E-state index is 0.0732. The zero-order chi connectivity index (χ0) is 13.5. The number of rotatable bonds is 7. The van der Waals surface area contributed by atoms with E-state index in [1.807, 2.05) is 30.9 Å². The lowest BCUT2D eigenvalue weighted by molar-refractivity contribution is -0.122. The smallest absolute Gasteiger partial charge is 0.240 e. The highest BCUT2D eigenvalue weighted by Gasteiger charge is 2.10. The molecular formula is C14H25N3O. The SMILES string of the molecule is CCC(C)NC(=O)Cn1ccc(C(CC)NC)c1. The molecule has 102 valence electrons. The summed E-state index contributed by atoms with van der Waals surface area (Å²) in [5.41, 5.74) is 1.23. The second-order valence-electron chi connectivity index (χ2n) is 4.74. The van der Waals surface area contributed by atoms with Gasteiger partial charge in [0.05, 0.1) is 0 Å². The minimum absolute atomic E-state index is 0.0732. The molecule has 2 atom stereocenters. The van der Waals surface area contributed by atoms with Crippen LogP contribution in [0, 0.1) is 0 Å². The largest absolute Gasteiger partial charge is 0.352 e. The van der Waals surface area contributed by atoms with Gasteiger partial charge >= 0.3 is 0 Å². The number of nitrogens with one attached hydrogen (secondary N) is 2. The fourth-order valence-electron chi connectivity index (χ4n) is 1.96. The number of carbonyl (C=O) groups is 1. The molecule has 1 aromatic rings. The highest BCUT2D eigenvalue weighted by molar-refractivity contribution is 5.76. The number of hydrogen-bond donors (Lipinski definition) is 2. The fourth-order valence-corrected chi connectivity index (χ4v) is 1.96. The van der Waals surface area contributed by atoms with Crippen molar-refractivity contribution in [3.63, 3.8) is 0 Å². The van der Waals surface area contributed by atoms with E-state index < -0.39 is 0 Å². The molecule has 0 aliphatic rings. The molecule has 0 saturated carbocycles. The van der Waals surface area contributed by atoms with Gasteiger partial charge in [0, 0.05) is 24.5 Å². The van der Waals surface area contributed by atoms with E-state index in [2.05, 4.69) is 30.5 Å². The Morgan fingerprint density at radius 1 is 1.39 bits per heavy atom. The van der Waals surface area contributed by atoms with E-state index in [4.69, 9.17) is 0 Å². The molecule has 2 unspecified atom stereocenters. The molecule has 0 aliphatic carbocycles. The summed E-state index contributed by atoms with van der Waals surface area (Å²) in [6.07, 6.45) is 6.01. The van der Waals surface area contributed by atoms with Crippen LogP contribution in [0.2, 0.25) is 0 Å². The maximum absolute atomic E-state index is 11.8. The summed E-state index contributed by atoms with van der Waals surface area (Å²) in [5, 5.41) is 6.23. The highest BCUT2D eigenvalue weighted by atomic mass is 16.2. The highest BCUT2D eigenvalue weighted by Crippen LogP contribution is 2.16. The van der Waals surface area contributed by atoms with Gasteiger partial charge in [0.1, 0.15) is 6.54 Å². The van der Waals surface area contributed by atoms with Crippen LogP contribution in [-0.4, -0.2) is 23.6 Å². The van der Waals surface area contributed by atoms with E-state index >= 15 is 0 Å². The standard InChI is InChI=1S/C14H25N3O/c1-5-11(3)16-14(18)10-17-8-7-12(9-17)13(6-2)15-4/h7-9,11,13,15H,5-6,10H2,1-4H3,(H,16,18). The van der Waals surface area contributed by atoms with E-state index in [0.717, 1.165) is 12.8 Å². The fraction of sp³-hybridized carbons (Fsp3) is 0.643. The first-order valence-electron chi connectivity index (χ1n) is 6.73. The van der Waals surface area contributed by atoms with Crippen molar-refractivity contribution in [2.24, 2.45) is 0 Å². The Balaban J connectivity index is 2.56. The molecule has 0 spiro atoms. The van der Waals surface area contributed by atoms with Gasteiger partial charge in [0.15, 0.2) is 0 Å². The van der Waals surface area contributed by atoms with Gasteiger partial charge in [-0.2, -0.15) is 0 Å². The quantitative estimate of drug-likeness (QED) is 0.779. The maximum atomic E-state index is 11.8. The van der Waals surface area contributed by atoms with Crippen molar-refractivity contribution in [1.82, 2.24) is 15.2 Å². The molecule has 4 nitrogen and oxygen atoms in total. The monoisotopic (exact) mass is 251 g/mol. The number of carbonyl (C=O) groups excluding carboxylic acids is 1. The van der Waals surface area contributed by atoms with Gasteiger partial charge in [-0.25, -0.2) is 0 Å². The van der Waals surface area contributed by atoms with E-state index in [9.17, 15) is 4.79 Å². The van der Waals surface area contributed by atoms with Crippen LogP contribution >= 0.6 is 0 Å². The van der Waals surface area contributed by atoms with Crippen molar-refractivity contribution in [3.05, 3.63) is 24.0 Å². The molecule has 0 bridgehead atoms. The van der Waals surface area contributed by atoms with Crippen LogP contribution in [0.15, 0.2) is 18.5 Å². The Hall–Kier alpha value is -1.29. The molecule has 1 rings (SSSR count). The van der Waals surface area contributed by atoms with Gasteiger partial charge in [-0.3, -0.25) is 4.79 Å². The van der Waals surface area contributed by atoms with Crippen molar-refractivity contribution >= 4 is 5.91 Å². The molecular weight excluding hydrogens is 226 g/mol. The second kappa shape index (κ2) is 7.21. The van der Waals surface area contributed by atoms with Gasteiger partial charge in [-0.1, -0.05) is 13.8 Å². The zero-order valence-electron chi connectivity index (χ0n) is 11.9. The minimum Gasteiger partial charge on any atom is -0.352 e. The predicted molar refractivity (Wildman–Crippen MR) is 74.4 cm³/mol. The van der Waals surface area contributed by atoms with Crippen molar-refractivity contribution in [2.75, 3.05) is 7.05 Å². The van der Waals surface area contributed by atoms with E-state index in [1.165, 1.54) is 5.56 Å². The van der Waals surface area contributed by atoms with Crippen LogP contribution in [-0.2, 0) is 11.3 Å². The molecule has 0 radical (unpaired) electrons. The Labute approximate surface area is 110 Å². The number of hydrogen-bond acceptors (Lipinski definition) is 2. The lowest BCUT2D eigenvalue weighted by Gasteiger charge is -2.12. The molecule has 2 N–H and O–H groups in total. The van der Waals surface area contributed by atoms with Crippen LogP contribution in [0.5, 0.6) is 0 Å². The molecule has 0 fully saturated rings. The van der Waals surface area contributed by atoms with Crippen molar-refractivity contribution < 1.29 is 4.79 Å². The van der Waals surface area contributed by atoms with Crippen LogP contribution in [0.25, 0.3) is 0 Å². The van der Waals surface area contributed by atoms with Crippen molar-refractivity contribution in [1.29, 1.82) is 0 Å². The summed E-state index contributed by atoms with van der Waals surface area (Å²) in [6.45, 7) is 6.63. The van der Waals surface area contributed by atoms with E-state index in [0.29, 0.717) is 12.6 Å². The number of nitrogens with zero attached hydrogens (tertiary/aromatic N) is 1. The normalized spacial score (nSPS) is 14.2. The summed E-state index contributed by atoms with van der Waals surface area (Å²) >= 11 is 0. The third kappa shape index (κ3) is 4.18. The van der Waals surface area contributed by atoms with Crippen LogP contribution in [0.4, 0.5) is 0 Å². The van der Waals surface area contributed by atoms with Crippen LogP contribution in [0.3, 0.4) is 0 Å². The molecule has 0 saturated heterocycles. The lowest BCUT2D eigenvalue weighted by Crippen LogP contribution is -2.34. The molecule has 0 aliphatic heterocycles. The summed E-state index contributed by atoms with van der Waals surface area (Å²) in [6, 6.07) is 2.68. The van der Waals surface area contributed by atoms with Gasteiger partial charge in [0.2, 0.25) is 5.91 Å². The first-order valence-corrected chi connectivity index (χ1v) is 6.73. The Kier molecular flexibility index (Phi) is 5.92. The predicted octanol–water partition coefficient (Wildman–Crippen LogP) is 2.07. The van der Waals surface area contributed by atoms with Crippen LogP contribution in [0.1, 0.15) is 45.2 Å². The summed E-state index contributed by atoms with van der Waals surface area (Å²) < 4.78 is 1.94. The summed E-state index contributed by atoms with van der Waals surface area (Å²) in [5.74, 6) is 0.0732. The Morgan fingerprint density at radius 2 is 2.11 bits per heavy atom. The van der Waals surface area contributed by atoms with E-state index in [1.54, 1.807) is 0 Å². The number of amides is 1. The average Bonchev–Trinajstić information content (AvgIpc) is 2.78. The Bertz CT molecular complexity index is 369. The molecule has 1 heterocycles. The summed E-state index contributed by atoms with van der Waals surface area (Å²) in [7, 11) is 1.96. The molecule has 1 amide bonds. The number of aromatic nitrogens is 1. The van der Waals surface area contributed by atoms with Crippen molar-refractivity contribution in [2.45, 2.75) is 52.2 Å². The topological polar surface area (TPSA) is 46.1 Å². The molecule has 1 aromatic heterocycles. The van der Waals surface area contributed by atoms with Gasteiger partial charge in [-0.05, 0) is 38.4 Å². The molecule has 4 heteroatoms. The molecule has 18 heavy (non-hydrogen) atoms. The van der Waals surface area contributed by atoms with Crippen molar-refractivity contribution in [3.8, 4) is 0 Å². The maximum Gasteiger partial charge on any atom is 0.240 e. The first kappa shape index (κ1) is 14.8. The average molecular weight is 251 g/mol. The zero-order valence-corrected chi connectivity index (χ0v) is 11.9. The van der Waals surface area contributed by atoms with E-state index in [-0.39, 0.29) is 11.9 Å². The third-order valence-electron chi connectivity index (χ3n) is 3.28. The second-order valence-corrected chi connectivity index (χ2v) is 4.74. The van der Waals surface area contributed by atoms with Gasteiger partial charge in [0.25, 0.3) is 0 Å². The summed E-state index contributed by atoms with van der Waals surface area (Å²) in [4.78, 5) is 11.8. The molecule has 0 aromatic carbocycles. The third-order valence-corrected chi connectivity index (χ3v) is 3.28. The lowest BCUT2D eigenvalue weighted by atomic mass is 10.1. The van der Waals surface area contributed by atoms with Gasteiger partial charge < -0.3 is 15.2 Å².